The maximum atomic E-state index is 6.60. The van der Waals surface area contributed by atoms with Crippen LogP contribution >= 0.6 is 34.8 Å². The van der Waals surface area contributed by atoms with Crippen molar-refractivity contribution in [3.8, 4) is 16.9 Å². The van der Waals surface area contributed by atoms with Gasteiger partial charge in [-0.15, -0.1) is 0 Å². The third-order valence-electron chi connectivity index (χ3n) is 6.43. The Kier molecular flexibility index (Phi) is 5.59. The number of hydrogen-bond acceptors (Lipinski definition) is 3. The Morgan fingerprint density at radius 1 is 0.931 bits per heavy atom. The van der Waals surface area contributed by atoms with Crippen molar-refractivity contribution in [2.75, 3.05) is 31.1 Å². The summed E-state index contributed by atoms with van der Waals surface area (Å²) in [7, 11) is 0. The summed E-state index contributed by atoms with van der Waals surface area (Å²) in [6.07, 6.45) is 6.32. The van der Waals surface area contributed by atoms with Crippen LogP contribution in [0.5, 0.6) is 5.75 Å². The van der Waals surface area contributed by atoms with Crippen molar-refractivity contribution in [2.45, 2.75) is 44.1 Å². The Morgan fingerprint density at radius 3 is 2.38 bits per heavy atom. The molecule has 2 aromatic carbocycles. The zero-order valence-electron chi connectivity index (χ0n) is 16.3. The van der Waals surface area contributed by atoms with E-state index in [-0.39, 0.29) is 6.10 Å². The summed E-state index contributed by atoms with van der Waals surface area (Å²) in [5.41, 5.74) is 4.37. The lowest BCUT2D eigenvalue weighted by atomic mass is 9.88. The second-order valence-corrected chi connectivity index (χ2v) is 9.57. The molecular weight excluding hydrogens is 427 g/mol. The molecule has 3 heterocycles. The second-order valence-electron chi connectivity index (χ2n) is 8.32. The summed E-state index contributed by atoms with van der Waals surface area (Å²) in [4.78, 5) is 2.50. The van der Waals surface area contributed by atoms with E-state index in [2.05, 4.69) is 22.3 Å². The van der Waals surface area contributed by atoms with Crippen LogP contribution in [0.1, 0.15) is 43.6 Å². The van der Waals surface area contributed by atoms with Gasteiger partial charge in [0, 0.05) is 41.7 Å². The Labute approximate surface area is 187 Å². The molecule has 2 aromatic rings. The van der Waals surface area contributed by atoms with Crippen LogP contribution in [0, 0.1) is 0 Å². The molecule has 6 heteroatoms. The molecule has 0 radical (unpaired) electrons. The highest BCUT2D eigenvalue weighted by Gasteiger charge is 2.39. The molecule has 3 aliphatic heterocycles. The van der Waals surface area contributed by atoms with Crippen molar-refractivity contribution < 1.29 is 4.74 Å². The molecular formula is C23H25Cl3N2O. The molecule has 2 unspecified atom stereocenters. The highest BCUT2D eigenvalue weighted by molar-refractivity contribution is 6.41. The van der Waals surface area contributed by atoms with Crippen LogP contribution < -0.4 is 15.0 Å². The lowest BCUT2D eigenvalue weighted by Gasteiger charge is -2.26. The first-order valence-electron chi connectivity index (χ1n) is 10.6. The molecule has 1 N–H and O–H groups in total. The van der Waals surface area contributed by atoms with Crippen molar-refractivity contribution in [3.63, 3.8) is 0 Å². The number of fused-ring (bicyclic) bond motifs is 3. The van der Waals surface area contributed by atoms with Gasteiger partial charge in [-0.05, 0) is 55.6 Å². The number of benzene rings is 2. The van der Waals surface area contributed by atoms with Crippen LogP contribution in [-0.4, -0.2) is 32.3 Å². The summed E-state index contributed by atoms with van der Waals surface area (Å²) in [6, 6.07) is 7.99. The van der Waals surface area contributed by atoms with Crippen LogP contribution in [0.4, 0.5) is 5.69 Å². The summed E-state index contributed by atoms with van der Waals surface area (Å²) in [5, 5.41) is 5.26. The van der Waals surface area contributed by atoms with Gasteiger partial charge in [-0.1, -0.05) is 47.6 Å². The lowest BCUT2D eigenvalue weighted by Crippen LogP contribution is -2.37. The van der Waals surface area contributed by atoms with E-state index < -0.39 is 0 Å². The minimum Gasteiger partial charge on any atom is -0.487 e. The quantitative estimate of drug-likeness (QED) is 0.561. The van der Waals surface area contributed by atoms with Gasteiger partial charge >= 0.3 is 0 Å². The predicted octanol–water partition coefficient (Wildman–Crippen LogP) is 6.53. The first-order valence-corrected chi connectivity index (χ1v) is 11.7. The molecule has 5 rings (SSSR count). The molecule has 2 fully saturated rings. The molecule has 0 bridgehead atoms. The molecule has 0 amide bonds. The predicted molar refractivity (Wildman–Crippen MR) is 122 cm³/mol. The summed E-state index contributed by atoms with van der Waals surface area (Å²) >= 11 is 19.4. The second kappa shape index (κ2) is 8.19. The number of ether oxygens (including phenoxy) is 1. The molecule has 2 atom stereocenters. The van der Waals surface area contributed by atoms with Crippen molar-refractivity contribution in [3.05, 3.63) is 44.9 Å². The van der Waals surface area contributed by atoms with E-state index in [9.17, 15) is 0 Å². The molecule has 0 aliphatic carbocycles. The fraction of sp³-hybridized carbons (Fsp3) is 0.478. The van der Waals surface area contributed by atoms with E-state index in [1.807, 2.05) is 0 Å². The first kappa shape index (κ1) is 19.8. The van der Waals surface area contributed by atoms with E-state index in [1.54, 1.807) is 12.1 Å². The molecule has 0 aromatic heterocycles. The third-order valence-corrected chi connectivity index (χ3v) is 7.24. The highest BCUT2D eigenvalue weighted by Crippen LogP contribution is 2.50. The van der Waals surface area contributed by atoms with Gasteiger partial charge in [0.15, 0.2) is 0 Å². The van der Waals surface area contributed by atoms with Gasteiger partial charge in [0.05, 0.1) is 15.7 Å². The van der Waals surface area contributed by atoms with E-state index in [0.29, 0.717) is 21.0 Å². The topological polar surface area (TPSA) is 24.5 Å². The number of piperidine rings is 1. The monoisotopic (exact) mass is 450 g/mol. The number of halogens is 3. The van der Waals surface area contributed by atoms with Gasteiger partial charge in [-0.3, -0.25) is 0 Å². The van der Waals surface area contributed by atoms with Gasteiger partial charge in [0.1, 0.15) is 11.9 Å². The average molecular weight is 452 g/mol. The Balaban J connectivity index is 1.67. The smallest absolute Gasteiger partial charge is 0.146 e. The van der Waals surface area contributed by atoms with Crippen molar-refractivity contribution >= 4 is 40.5 Å². The third kappa shape index (κ3) is 3.72. The van der Waals surface area contributed by atoms with Crippen LogP contribution in [0.3, 0.4) is 0 Å². The molecule has 3 aliphatic rings. The lowest BCUT2D eigenvalue weighted by molar-refractivity contribution is 0.172. The highest BCUT2D eigenvalue weighted by atomic mass is 35.5. The maximum Gasteiger partial charge on any atom is 0.146 e. The van der Waals surface area contributed by atoms with Gasteiger partial charge in [0.25, 0.3) is 0 Å². The van der Waals surface area contributed by atoms with Crippen LogP contribution in [-0.2, 0) is 0 Å². The summed E-state index contributed by atoms with van der Waals surface area (Å²) in [6.45, 7) is 4.09. The van der Waals surface area contributed by atoms with Gasteiger partial charge in [0.2, 0.25) is 0 Å². The van der Waals surface area contributed by atoms with E-state index in [4.69, 9.17) is 39.5 Å². The number of nitrogens with zero attached hydrogens (tertiary/aromatic N) is 1. The number of hydrogen-bond donors (Lipinski definition) is 1. The molecule has 154 valence electrons. The van der Waals surface area contributed by atoms with E-state index >= 15 is 0 Å². The van der Waals surface area contributed by atoms with Crippen LogP contribution in [0.2, 0.25) is 15.1 Å². The zero-order valence-corrected chi connectivity index (χ0v) is 18.6. The Bertz CT molecular complexity index is 902. The van der Waals surface area contributed by atoms with Crippen molar-refractivity contribution in [2.24, 2.45) is 0 Å². The summed E-state index contributed by atoms with van der Waals surface area (Å²) < 4.78 is 6.54. The Morgan fingerprint density at radius 2 is 1.66 bits per heavy atom. The fourth-order valence-electron chi connectivity index (χ4n) is 4.99. The fourth-order valence-corrected chi connectivity index (χ4v) is 6.02. The first-order chi connectivity index (χ1) is 14.1. The molecule has 29 heavy (non-hydrogen) atoms. The standard InChI is InChI=1S/C23H25Cl3N2O/c24-15-11-18(25)22(19(26)12-15)14-9-16-17-13-27-6-5-21(17)29-23(16)20(10-14)28-7-3-1-2-4-8-28/h9-12,17,21,27H,1-8,13H2. The normalized spacial score (nSPS) is 23.9. The SMILES string of the molecule is Clc1cc(Cl)c(-c2cc3c(c(N4CCCCCC4)c2)OC2CCNCC32)c(Cl)c1. The molecule has 2 saturated heterocycles. The summed E-state index contributed by atoms with van der Waals surface area (Å²) in [5.74, 6) is 1.44. The number of rotatable bonds is 2. The Hall–Kier alpha value is -1.13. The maximum absolute atomic E-state index is 6.60. The van der Waals surface area contributed by atoms with Gasteiger partial charge in [-0.25, -0.2) is 0 Å². The molecule has 0 saturated carbocycles. The van der Waals surface area contributed by atoms with E-state index in [1.165, 1.54) is 36.9 Å². The van der Waals surface area contributed by atoms with Gasteiger partial charge < -0.3 is 15.0 Å². The minimum atomic E-state index is 0.253. The largest absolute Gasteiger partial charge is 0.487 e. The number of anilines is 1. The van der Waals surface area contributed by atoms with Crippen LogP contribution in [0.15, 0.2) is 24.3 Å². The minimum absolute atomic E-state index is 0.253. The number of nitrogens with one attached hydrogen (secondary N) is 1. The van der Waals surface area contributed by atoms with E-state index in [0.717, 1.165) is 49.5 Å². The zero-order chi connectivity index (χ0) is 20.0. The van der Waals surface area contributed by atoms with Crippen molar-refractivity contribution in [1.29, 1.82) is 0 Å². The molecule has 0 spiro atoms. The molecule has 3 nitrogen and oxygen atoms in total. The average Bonchev–Trinajstić information content (AvgIpc) is 2.86. The van der Waals surface area contributed by atoms with Gasteiger partial charge in [-0.2, -0.15) is 0 Å². The van der Waals surface area contributed by atoms with Crippen molar-refractivity contribution in [1.82, 2.24) is 5.32 Å². The van der Waals surface area contributed by atoms with Crippen LogP contribution in [0.25, 0.3) is 11.1 Å².